The number of unbranched alkanes of at least 4 members (excludes halogenated alkanes) is 28. The van der Waals surface area contributed by atoms with Gasteiger partial charge in [0.25, 0.3) is 0 Å². The van der Waals surface area contributed by atoms with Crippen LogP contribution in [0.1, 0.15) is 226 Å². The van der Waals surface area contributed by atoms with Crippen molar-refractivity contribution in [2.75, 3.05) is 6.61 Å². The lowest BCUT2D eigenvalue weighted by Gasteiger charge is -2.26. The maximum Gasteiger partial charge on any atom is 0.220 e. The highest BCUT2D eigenvalue weighted by Crippen LogP contribution is 2.16. The van der Waals surface area contributed by atoms with Crippen molar-refractivity contribution in [2.45, 2.75) is 244 Å². The highest BCUT2D eigenvalue weighted by Gasteiger charge is 2.26. The molecule has 0 rings (SSSR count). The number of allylic oxidation sites excluding steroid dienone is 2. The lowest BCUT2D eigenvalue weighted by atomic mass is 9.99. The van der Waals surface area contributed by atoms with Crippen LogP contribution in [-0.2, 0) is 4.79 Å². The summed E-state index contributed by atoms with van der Waals surface area (Å²) in [5, 5.41) is 33.5. The molecular weight excluding hydrogens is 582 g/mol. The van der Waals surface area contributed by atoms with Crippen LogP contribution in [0.2, 0.25) is 0 Å². The minimum atomic E-state index is -1.14. The summed E-state index contributed by atoms with van der Waals surface area (Å²) in [4.78, 5) is 12.4. The fourth-order valence-electron chi connectivity index (χ4n) is 6.57. The normalized spacial score (nSPS) is 13.7. The smallest absolute Gasteiger partial charge is 0.220 e. The van der Waals surface area contributed by atoms with Crippen molar-refractivity contribution >= 4 is 5.91 Å². The molecule has 0 aromatic heterocycles. The van der Waals surface area contributed by atoms with Crippen LogP contribution >= 0.6 is 0 Å². The summed E-state index contributed by atoms with van der Waals surface area (Å²) in [5.41, 5.74) is 0. The Kier molecular flexibility index (Phi) is 37.2. The minimum Gasteiger partial charge on any atom is -0.394 e. The summed E-state index contributed by atoms with van der Waals surface area (Å²) >= 11 is 0. The Bertz CT molecular complexity index is 655. The van der Waals surface area contributed by atoms with Crippen LogP contribution in [0.4, 0.5) is 0 Å². The molecule has 0 aromatic rings. The molecule has 0 spiro atoms. The van der Waals surface area contributed by atoms with Crippen molar-refractivity contribution in [1.29, 1.82) is 0 Å². The van der Waals surface area contributed by atoms with E-state index in [-0.39, 0.29) is 12.5 Å². The molecule has 5 nitrogen and oxygen atoms in total. The molecule has 0 unspecified atom stereocenters. The van der Waals surface area contributed by atoms with E-state index < -0.39 is 18.2 Å². The van der Waals surface area contributed by atoms with Crippen molar-refractivity contribution < 1.29 is 20.1 Å². The fourth-order valence-corrected chi connectivity index (χ4v) is 6.57. The third kappa shape index (κ3) is 33.4. The first-order valence-corrected chi connectivity index (χ1v) is 21.0. The van der Waals surface area contributed by atoms with Crippen molar-refractivity contribution in [3.63, 3.8) is 0 Å². The lowest BCUT2D eigenvalue weighted by Crippen LogP contribution is -2.50. The summed E-state index contributed by atoms with van der Waals surface area (Å²) in [6, 6.07) is -0.807. The molecule has 47 heavy (non-hydrogen) atoms. The standard InChI is InChI=1S/C42H83NO4/c1-3-5-7-9-11-13-15-17-19-20-21-23-24-26-28-30-32-34-36-40(45)42(47)39(38-44)43-41(46)37-35-33-31-29-27-25-22-18-16-14-12-10-8-6-4-2/h19-20,39-40,42,44-45,47H,3-18,21-38H2,1-2H3,(H,43,46)/b20-19+/t39-,40+,42-/m0/s1. The topological polar surface area (TPSA) is 89.8 Å². The van der Waals surface area contributed by atoms with Crippen LogP contribution in [-0.4, -0.2) is 46.1 Å². The third-order valence-electron chi connectivity index (χ3n) is 9.87. The van der Waals surface area contributed by atoms with E-state index in [0.717, 1.165) is 38.5 Å². The van der Waals surface area contributed by atoms with Crippen molar-refractivity contribution in [2.24, 2.45) is 0 Å². The second-order valence-electron chi connectivity index (χ2n) is 14.5. The Morgan fingerprint density at radius 2 is 0.851 bits per heavy atom. The first-order chi connectivity index (χ1) is 23.1. The van der Waals surface area contributed by atoms with Gasteiger partial charge in [0.1, 0.15) is 6.10 Å². The maximum absolute atomic E-state index is 12.4. The molecule has 0 fully saturated rings. The van der Waals surface area contributed by atoms with Gasteiger partial charge >= 0.3 is 0 Å². The van der Waals surface area contributed by atoms with Crippen LogP contribution in [0.3, 0.4) is 0 Å². The van der Waals surface area contributed by atoms with Gasteiger partial charge in [-0.25, -0.2) is 0 Å². The quantitative estimate of drug-likeness (QED) is 0.0390. The van der Waals surface area contributed by atoms with Crippen molar-refractivity contribution in [3.8, 4) is 0 Å². The monoisotopic (exact) mass is 666 g/mol. The van der Waals surface area contributed by atoms with Gasteiger partial charge in [-0.2, -0.15) is 0 Å². The highest BCUT2D eigenvalue weighted by molar-refractivity contribution is 5.76. The summed E-state index contributed by atoms with van der Waals surface area (Å²) in [6.45, 7) is 4.18. The molecule has 4 N–H and O–H groups in total. The first kappa shape index (κ1) is 46.1. The number of aliphatic hydroxyl groups is 3. The molecular formula is C42H83NO4. The molecule has 0 aliphatic carbocycles. The fraction of sp³-hybridized carbons (Fsp3) is 0.929. The average molecular weight is 666 g/mol. The van der Waals surface area contributed by atoms with Gasteiger partial charge in [-0.05, 0) is 38.5 Å². The summed E-state index contributed by atoms with van der Waals surface area (Å²) in [6.07, 6.45) is 43.1. The molecule has 1 amide bonds. The number of carbonyl (C=O) groups excluding carboxylic acids is 1. The largest absolute Gasteiger partial charge is 0.394 e. The van der Waals surface area contributed by atoms with E-state index in [0.29, 0.717) is 12.8 Å². The Hall–Kier alpha value is -0.910. The van der Waals surface area contributed by atoms with Gasteiger partial charge in [0.15, 0.2) is 0 Å². The summed E-state index contributed by atoms with van der Waals surface area (Å²) in [5.74, 6) is -0.145. The van der Waals surface area contributed by atoms with Gasteiger partial charge < -0.3 is 20.6 Å². The molecule has 280 valence electrons. The second kappa shape index (κ2) is 37.9. The van der Waals surface area contributed by atoms with E-state index in [9.17, 15) is 20.1 Å². The van der Waals surface area contributed by atoms with Crippen LogP contribution in [0.25, 0.3) is 0 Å². The van der Waals surface area contributed by atoms with E-state index in [1.165, 1.54) is 161 Å². The van der Waals surface area contributed by atoms with Gasteiger partial charge in [-0.3, -0.25) is 4.79 Å². The van der Waals surface area contributed by atoms with Gasteiger partial charge in [0.05, 0.1) is 18.8 Å². The third-order valence-corrected chi connectivity index (χ3v) is 9.87. The minimum absolute atomic E-state index is 0.145. The molecule has 5 heteroatoms. The average Bonchev–Trinajstić information content (AvgIpc) is 3.07. The SMILES string of the molecule is CCCCCCCCC/C=C/CCCCCCCCC[C@@H](O)[C@@H](O)[C@H](CO)NC(=O)CCCCCCCCCCCCCCCCC. The van der Waals surface area contributed by atoms with Crippen LogP contribution in [0.5, 0.6) is 0 Å². The molecule has 0 aliphatic heterocycles. The highest BCUT2D eigenvalue weighted by atomic mass is 16.3. The van der Waals surface area contributed by atoms with E-state index in [4.69, 9.17) is 0 Å². The molecule has 0 bridgehead atoms. The van der Waals surface area contributed by atoms with E-state index in [2.05, 4.69) is 31.3 Å². The van der Waals surface area contributed by atoms with Crippen molar-refractivity contribution in [3.05, 3.63) is 12.2 Å². The number of aliphatic hydroxyl groups excluding tert-OH is 3. The Morgan fingerprint density at radius 1 is 0.511 bits per heavy atom. The zero-order valence-electron chi connectivity index (χ0n) is 31.7. The van der Waals surface area contributed by atoms with Gasteiger partial charge in [0.2, 0.25) is 5.91 Å². The lowest BCUT2D eigenvalue weighted by molar-refractivity contribution is -0.124. The molecule has 0 radical (unpaired) electrons. The molecule has 0 saturated carbocycles. The van der Waals surface area contributed by atoms with Crippen LogP contribution < -0.4 is 5.32 Å². The number of nitrogens with one attached hydrogen (secondary N) is 1. The molecule has 0 saturated heterocycles. The van der Waals surface area contributed by atoms with Crippen LogP contribution in [0.15, 0.2) is 12.2 Å². The first-order valence-electron chi connectivity index (χ1n) is 21.0. The van der Waals surface area contributed by atoms with E-state index >= 15 is 0 Å². The predicted octanol–water partition coefficient (Wildman–Crippen LogP) is 11.7. The maximum atomic E-state index is 12.4. The molecule has 0 heterocycles. The van der Waals surface area contributed by atoms with Crippen LogP contribution in [0, 0.1) is 0 Å². The number of hydrogen-bond donors (Lipinski definition) is 4. The predicted molar refractivity (Wildman–Crippen MR) is 204 cm³/mol. The van der Waals surface area contributed by atoms with E-state index in [1.54, 1.807) is 0 Å². The zero-order valence-corrected chi connectivity index (χ0v) is 31.7. The second-order valence-corrected chi connectivity index (χ2v) is 14.5. The number of rotatable bonds is 38. The Labute approximate surface area is 293 Å². The summed E-state index contributed by atoms with van der Waals surface area (Å²) in [7, 11) is 0. The Morgan fingerprint density at radius 3 is 1.23 bits per heavy atom. The molecule has 3 atom stereocenters. The van der Waals surface area contributed by atoms with Crippen molar-refractivity contribution in [1.82, 2.24) is 5.32 Å². The molecule has 0 aliphatic rings. The number of amides is 1. The van der Waals surface area contributed by atoms with Gasteiger partial charge in [-0.1, -0.05) is 193 Å². The van der Waals surface area contributed by atoms with E-state index in [1.807, 2.05) is 0 Å². The molecule has 0 aromatic carbocycles. The Balaban J connectivity index is 3.64. The van der Waals surface area contributed by atoms with Gasteiger partial charge in [0, 0.05) is 6.42 Å². The number of hydrogen-bond acceptors (Lipinski definition) is 4. The summed E-state index contributed by atoms with van der Waals surface area (Å²) < 4.78 is 0. The van der Waals surface area contributed by atoms with Gasteiger partial charge in [-0.15, -0.1) is 0 Å². The zero-order chi connectivity index (χ0) is 34.5. The number of carbonyl (C=O) groups is 1.